The smallest absolute Gasteiger partial charge is 0.186 e. The Balaban J connectivity index is 2.29. The van der Waals surface area contributed by atoms with E-state index in [1.54, 1.807) is 14.0 Å². The molecule has 1 N–H and O–H groups in total. The minimum atomic E-state index is -0.372. The monoisotopic (exact) mass is 225 g/mol. The maximum absolute atomic E-state index is 13.5. The van der Waals surface area contributed by atoms with Gasteiger partial charge in [-0.05, 0) is 19.8 Å². The van der Waals surface area contributed by atoms with Crippen molar-refractivity contribution >= 4 is 5.82 Å². The van der Waals surface area contributed by atoms with Gasteiger partial charge in [0.25, 0.3) is 0 Å². The maximum atomic E-state index is 13.5. The Kier molecular flexibility index (Phi) is 3.33. The molecule has 0 saturated carbocycles. The number of anilines is 1. The highest BCUT2D eigenvalue weighted by Crippen LogP contribution is 2.25. The molecule has 2 heterocycles. The van der Waals surface area contributed by atoms with E-state index in [-0.39, 0.29) is 17.6 Å². The van der Waals surface area contributed by atoms with Gasteiger partial charge >= 0.3 is 0 Å². The quantitative estimate of drug-likeness (QED) is 0.834. The zero-order chi connectivity index (χ0) is 11.5. The fraction of sp³-hybridized carbons (Fsp3) is 0.636. The van der Waals surface area contributed by atoms with Crippen LogP contribution in [0.15, 0.2) is 0 Å². The predicted octanol–water partition coefficient (Wildman–Crippen LogP) is 1.86. The Morgan fingerprint density at radius 1 is 1.44 bits per heavy atom. The van der Waals surface area contributed by atoms with E-state index in [9.17, 15) is 4.39 Å². The normalized spacial score (nSPS) is 20.8. The molecular formula is C11H16FN3O. The van der Waals surface area contributed by atoms with E-state index in [2.05, 4.69) is 15.3 Å². The molecule has 1 aromatic heterocycles. The van der Waals surface area contributed by atoms with E-state index in [0.717, 1.165) is 19.4 Å². The summed E-state index contributed by atoms with van der Waals surface area (Å²) in [4.78, 5) is 8.40. The molecule has 0 bridgehead atoms. The number of aryl methyl sites for hydroxylation is 1. The van der Waals surface area contributed by atoms with Crippen LogP contribution < -0.4 is 5.32 Å². The standard InChI is InChI=1S/C11H16FN3O/c1-7-9(12)11(13-2)15-10(14-7)8-4-3-5-16-6-8/h8H,3-6H2,1-2H3,(H,13,14,15). The second-order valence-corrected chi connectivity index (χ2v) is 3.99. The van der Waals surface area contributed by atoms with Crippen LogP contribution in [0.1, 0.15) is 30.3 Å². The van der Waals surface area contributed by atoms with Gasteiger partial charge in [-0.2, -0.15) is 0 Å². The minimum Gasteiger partial charge on any atom is -0.381 e. The van der Waals surface area contributed by atoms with Crippen molar-refractivity contribution in [3.63, 3.8) is 0 Å². The Labute approximate surface area is 94.2 Å². The summed E-state index contributed by atoms with van der Waals surface area (Å²) >= 11 is 0. The SMILES string of the molecule is CNc1nc(C2CCCOC2)nc(C)c1F. The Bertz CT molecular complexity index is 378. The molecule has 0 aliphatic carbocycles. The third kappa shape index (κ3) is 2.14. The number of hydrogen-bond acceptors (Lipinski definition) is 4. The molecule has 1 aromatic rings. The summed E-state index contributed by atoms with van der Waals surface area (Å²) in [5.41, 5.74) is 0.389. The predicted molar refractivity (Wildman–Crippen MR) is 59.1 cm³/mol. The fourth-order valence-corrected chi connectivity index (χ4v) is 1.87. The van der Waals surface area contributed by atoms with Crippen LogP contribution in [0.2, 0.25) is 0 Å². The van der Waals surface area contributed by atoms with E-state index in [4.69, 9.17) is 4.74 Å². The van der Waals surface area contributed by atoms with Gasteiger partial charge in [0.05, 0.1) is 12.3 Å². The summed E-state index contributed by atoms with van der Waals surface area (Å²) in [5.74, 6) is 0.777. The van der Waals surface area contributed by atoms with E-state index in [1.807, 2.05) is 0 Å². The summed E-state index contributed by atoms with van der Waals surface area (Å²) < 4.78 is 18.9. The highest BCUT2D eigenvalue weighted by molar-refractivity contribution is 5.37. The molecule has 0 aromatic carbocycles. The largest absolute Gasteiger partial charge is 0.381 e. The van der Waals surface area contributed by atoms with E-state index in [0.29, 0.717) is 18.1 Å². The van der Waals surface area contributed by atoms with E-state index < -0.39 is 0 Å². The number of nitrogens with zero attached hydrogens (tertiary/aromatic N) is 2. The number of ether oxygens (including phenoxy) is 1. The first-order valence-electron chi connectivity index (χ1n) is 5.52. The third-order valence-corrected chi connectivity index (χ3v) is 2.80. The molecule has 88 valence electrons. The van der Waals surface area contributed by atoms with Gasteiger partial charge in [-0.15, -0.1) is 0 Å². The van der Waals surface area contributed by atoms with Crippen LogP contribution >= 0.6 is 0 Å². The Morgan fingerprint density at radius 3 is 2.88 bits per heavy atom. The van der Waals surface area contributed by atoms with E-state index >= 15 is 0 Å². The van der Waals surface area contributed by atoms with Gasteiger partial charge in [-0.3, -0.25) is 0 Å². The molecule has 0 amide bonds. The summed E-state index contributed by atoms with van der Waals surface area (Å²) in [7, 11) is 1.66. The van der Waals surface area contributed by atoms with Crippen LogP contribution in [-0.4, -0.2) is 30.2 Å². The zero-order valence-electron chi connectivity index (χ0n) is 9.59. The van der Waals surface area contributed by atoms with Crippen molar-refractivity contribution in [2.24, 2.45) is 0 Å². The van der Waals surface area contributed by atoms with Crippen molar-refractivity contribution < 1.29 is 9.13 Å². The molecule has 1 fully saturated rings. The first-order valence-corrected chi connectivity index (χ1v) is 5.52. The number of rotatable bonds is 2. The van der Waals surface area contributed by atoms with Crippen molar-refractivity contribution in [3.05, 3.63) is 17.3 Å². The number of hydrogen-bond donors (Lipinski definition) is 1. The molecular weight excluding hydrogens is 209 g/mol. The second kappa shape index (κ2) is 4.74. The van der Waals surface area contributed by atoms with Crippen LogP contribution in [0.3, 0.4) is 0 Å². The number of aromatic nitrogens is 2. The molecule has 0 radical (unpaired) electrons. The van der Waals surface area contributed by atoms with Gasteiger partial charge in [0.15, 0.2) is 11.6 Å². The van der Waals surface area contributed by atoms with Gasteiger partial charge in [-0.25, -0.2) is 14.4 Å². The first kappa shape index (κ1) is 11.3. The average molecular weight is 225 g/mol. The highest BCUT2D eigenvalue weighted by atomic mass is 19.1. The molecule has 1 aliphatic heterocycles. The Hall–Kier alpha value is -1.23. The molecule has 0 spiro atoms. The zero-order valence-corrected chi connectivity index (χ0v) is 9.59. The lowest BCUT2D eigenvalue weighted by Crippen LogP contribution is -2.19. The Morgan fingerprint density at radius 2 is 2.25 bits per heavy atom. The van der Waals surface area contributed by atoms with Crippen molar-refractivity contribution in [2.45, 2.75) is 25.7 Å². The van der Waals surface area contributed by atoms with Crippen molar-refractivity contribution in [1.29, 1.82) is 0 Å². The van der Waals surface area contributed by atoms with Gasteiger partial charge in [0.2, 0.25) is 0 Å². The lowest BCUT2D eigenvalue weighted by atomic mass is 10.0. The van der Waals surface area contributed by atoms with E-state index in [1.165, 1.54) is 0 Å². The van der Waals surface area contributed by atoms with Crippen LogP contribution in [0, 0.1) is 12.7 Å². The van der Waals surface area contributed by atoms with Gasteiger partial charge in [0.1, 0.15) is 5.82 Å². The van der Waals surface area contributed by atoms with Crippen molar-refractivity contribution in [1.82, 2.24) is 9.97 Å². The number of halogens is 1. The van der Waals surface area contributed by atoms with Gasteiger partial charge in [-0.1, -0.05) is 0 Å². The number of nitrogens with one attached hydrogen (secondary N) is 1. The lowest BCUT2D eigenvalue weighted by molar-refractivity contribution is 0.0780. The van der Waals surface area contributed by atoms with Gasteiger partial charge < -0.3 is 10.1 Å². The topological polar surface area (TPSA) is 47.0 Å². The summed E-state index contributed by atoms with van der Waals surface area (Å²) in [6.07, 6.45) is 2.02. The molecule has 1 saturated heterocycles. The average Bonchev–Trinajstić information content (AvgIpc) is 2.33. The highest BCUT2D eigenvalue weighted by Gasteiger charge is 2.21. The van der Waals surface area contributed by atoms with Crippen LogP contribution in [0.4, 0.5) is 10.2 Å². The van der Waals surface area contributed by atoms with Crippen molar-refractivity contribution in [3.8, 4) is 0 Å². The molecule has 1 unspecified atom stereocenters. The second-order valence-electron chi connectivity index (χ2n) is 3.99. The third-order valence-electron chi connectivity index (χ3n) is 2.80. The fourth-order valence-electron chi connectivity index (χ4n) is 1.87. The van der Waals surface area contributed by atoms with Crippen LogP contribution in [0.5, 0.6) is 0 Å². The summed E-state index contributed by atoms with van der Waals surface area (Å²) in [5, 5.41) is 2.75. The maximum Gasteiger partial charge on any atom is 0.186 e. The van der Waals surface area contributed by atoms with Crippen molar-refractivity contribution in [2.75, 3.05) is 25.6 Å². The summed E-state index contributed by atoms with van der Waals surface area (Å²) in [6, 6.07) is 0. The molecule has 16 heavy (non-hydrogen) atoms. The summed E-state index contributed by atoms with van der Waals surface area (Å²) in [6.45, 7) is 3.09. The van der Waals surface area contributed by atoms with Gasteiger partial charge in [0, 0.05) is 19.6 Å². The van der Waals surface area contributed by atoms with Crippen LogP contribution in [-0.2, 0) is 4.74 Å². The first-order chi connectivity index (χ1) is 7.72. The lowest BCUT2D eigenvalue weighted by Gasteiger charge is -2.21. The minimum absolute atomic E-state index is 0.195. The molecule has 1 atom stereocenters. The molecule has 4 nitrogen and oxygen atoms in total. The molecule has 1 aliphatic rings. The van der Waals surface area contributed by atoms with Crippen LogP contribution in [0.25, 0.3) is 0 Å². The molecule has 2 rings (SSSR count). The molecule has 5 heteroatoms.